The lowest BCUT2D eigenvalue weighted by Gasteiger charge is -2.17. The Hall–Kier alpha value is -1.85. The quantitative estimate of drug-likeness (QED) is 0.334. The number of hydrogen-bond acceptors (Lipinski definition) is 4. The number of benzene rings is 2. The van der Waals surface area contributed by atoms with Crippen molar-refractivity contribution in [2.24, 2.45) is 4.99 Å². The van der Waals surface area contributed by atoms with Crippen LogP contribution in [0.3, 0.4) is 0 Å². The Morgan fingerprint density at radius 1 is 1.07 bits per heavy atom. The van der Waals surface area contributed by atoms with Crippen LogP contribution in [0.4, 0.5) is 0 Å². The van der Waals surface area contributed by atoms with Crippen molar-refractivity contribution in [1.29, 1.82) is 0 Å². The van der Waals surface area contributed by atoms with Gasteiger partial charge in [0.2, 0.25) is 10.0 Å². The molecule has 9 heteroatoms. The summed E-state index contributed by atoms with van der Waals surface area (Å²) in [5.74, 6) is 1.37. The Kier molecular flexibility index (Phi) is 9.70. The smallest absolute Gasteiger partial charge is 0.242 e. The number of guanidine groups is 1. The van der Waals surface area contributed by atoms with Crippen LogP contribution in [0.15, 0.2) is 58.4 Å². The number of sulfonamides is 1. The fraction of sp³-hybridized carbons (Fsp3) is 0.316. The third-order valence-electron chi connectivity index (χ3n) is 4.00. The van der Waals surface area contributed by atoms with Crippen LogP contribution in [0.1, 0.15) is 11.1 Å². The van der Waals surface area contributed by atoms with Gasteiger partial charge in [-0.15, -0.1) is 24.0 Å². The monoisotopic (exact) mass is 518 g/mol. The van der Waals surface area contributed by atoms with Gasteiger partial charge < -0.3 is 15.4 Å². The highest BCUT2D eigenvalue weighted by atomic mass is 127. The van der Waals surface area contributed by atoms with Crippen molar-refractivity contribution >= 4 is 40.0 Å². The average Bonchev–Trinajstić information content (AvgIpc) is 2.68. The Labute approximate surface area is 184 Å². The summed E-state index contributed by atoms with van der Waals surface area (Å²) in [7, 11) is 2.84. The zero-order valence-corrected chi connectivity index (χ0v) is 19.6. The minimum atomic E-state index is -3.51. The van der Waals surface area contributed by atoms with Crippen molar-refractivity contribution in [2.75, 3.05) is 28.3 Å². The predicted molar refractivity (Wildman–Crippen MR) is 123 cm³/mol. The lowest BCUT2D eigenvalue weighted by Crippen LogP contribution is -2.36. The normalized spacial score (nSPS) is 11.7. The largest absolute Gasteiger partial charge is 0.497 e. The van der Waals surface area contributed by atoms with E-state index in [-0.39, 0.29) is 28.9 Å². The molecule has 154 valence electrons. The fourth-order valence-corrected chi connectivity index (χ4v) is 3.58. The van der Waals surface area contributed by atoms with Crippen LogP contribution >= 0.6 is 24.0 Å². The molecule has 7 nitrogen and oxygen atoms in total. The molecule has 0 saturated heterocycles. The molecule has 2 aromatic rings. The summed E-state index contributed by atoms with van der Waals surface area (Å²) in [5.41, 5.74) is 1.73. The van der Waals surface area contributed by atoms with E-state index >= 15 is 0 Å². The minimum Gasteiger partial charge on any atom is -0.497 e. The van der Waals surface area contributed by atoms with Gasteiger partial charge in [-0.1, -0.05) is 30.3 Å². The molecule has 0 saturated carbocycles. The van der Waals surface area contributed by atoms with Gasteiger partial charge in [-0.2, -0.15) is 0 Å². The van der Waals surface area contributed by atoms with E-state index in [9.17, 15) is 8.42 Å². The van der Waals surface area contributed by atoms with E-state index in [0.717, 1.165) is 11.3 Å². The van der Waals surface area contributed by atoms with E-state index in [4.69, 9.17) is 4.74 Å². The first-order valence-electron chi connectivity index (χ1n) is 8.46. The summed E-state index contributed by atoms with van der Waals surface area (Å²) in [6.07, 6.45) is 0. The molecule has 0 radical (unpaired) electrons. The molecule has 28 heavy (non-hydrogen) atoms. The van der Waals surface area contributed by atoms with E-state index in [2.05, 4.69) is 15.6 Å². The van der Waals surface area contributed by atoms with Gasteiger partial charge in [0.05, 0.1) is 12.0 Å². The Balaban J connectivity index is 0.00000392. The van der Waals surface area contributed by atoms with E-state index in [1.807, 2.05) is 30.3 Å². The van der Waals surface area contributed by atoms with Gasteiger partial charge in [-0.3, -0.25) is 4.99 Å². The topological polar surface area (TPSA) is 83.0 Å². The van der Waals surface area contributed by atoms with Gasteiger partial charge in [0.15, 0.2) is 5.96 Å². The first kappa shape index (κ1) is 24.2. The zero-order valence-electron chi connectivity index (χ0n) is 16.5. The van der Waals surface area contributed by atoms with Crippen molar-refractivity contribution in [2.45, 2.75) is 18.0 Å². The van der Waals surface area contributed by atoms with Gasteiger partial charge in [0.1, 0.15) is 5.75 Å². The molecule has 2 rings (SSSR count). The average molecular weight is 518 g/mol. The molecule has 0 aliphatic heterocycles. The second kappa shape index (κ2) is 11.2. The van der Waals surface area contributed by atoms with Crippen LogP contribution in [0.25, 0.3) is 0 Å². The molecule has 2 aromatic carbocycles. The zero-order chi connectivity index (χ0) is 19.9. The predicted octanol–water partition coefficient (Wildman–Crippen LogP) is 2.43. The Morgan fingerprint density at radius 3 is 2.39 bits per heavy atom. The molecule has 0 aromatic heterocycles. The second-order valence-electron chi connectivity index (χ2n) is 6.03. The van der Waals surface area contributed by atoms with Gasteiger partial charge in [0, 0.05) is 34.2 Å². The van der Waals surface area contributed by atoms with Gasteiger partial charge in [-0.05, 0) is 29.3 Å². The highest BCUT2D eigenvalue weighted by molar-refractivity contribution is 14.0. The molecule has 0 aliphatic carbocycles. The number of methoxy groups -OCH3 is 1. The SMILES string of the molecule is CN=C(NCc1cccc(OC)c1)NCc1ccccc1S(=O)(=O)N(C)C.I. The van der Waals surface area contributed by atoms with Crippen LogP contribution in [0, 0.1) is 0 Å². The van der Waals surface area contributed by atoms with Crippen LogP contribution in [0.2, 0.25) is 0 Å². The van der Waals surface area contributed by atoms with Gasteiger partial charge in [0.25, 0.3) is 0 Å². The Bertz CT molecular complexity index is 902. The maximum atomic E-state index is 12.5. The number of aliphatic imine (C=N–C) groups is 1. The number of rotatable bonds is 7. The number of hydrogen-bond donors (Lipinski definition) is 2. The van der Waals surface area contributed by atoms with E-state index in [1.165, 1.54) is 18.4 Å². The minimum absolute atomic E-state index is 0. The Morgan fingerprint density at radius 2 is 1.75 bits per heavy atom. The summed E-state index contributed by atoms with van der Waals surface area (Å²) in [6, 6.07) is 14.7. The molecule has 0 aliphatic rings. The van der Waals surface area contributed by atoms with Crippen LogP contribution in [-0.4, -0.2) is 46.9 Å². The third kappa shape index (κ3) is 6.35. The van der Waals surface area contributed by atoms with E-state index in [0.29, 0.717) is 24.6 Å². The highest BCUT2D eigenvalue weighted by Gasteiger charge is 2.20. The summed E-state index contributed by atoms with van der Waals surface area (Å²) in [5, 5.41) is 6.37. The van der Waals surface area contributed by atoms with Gasteiger partial charge >= 0.3 is 0 Å². The number of nitrogens with one attached hydrogen (secondary N) is 2. The lowest BCUT2D eigenvalue weighted by molar-refractivity contribution is 0.414. The van der Waals surface area contributed by atoms with Crippen LogP contribution < -0.4 is 15.4 Å². The molecule has 0 atom stereocenters. The van der Waals surface area contributed by atoms with Gasteiger partial charge in [-0.25, -0.2) is 12.7 Å². The standard InChI is InChI=1S/C19H26N4O3S.HI/c1-20-19(21-13-15-8-7-10-17(12-15)26-4)22-14-16-9-5-6-11-18(16)27(24,25)23(2)3;/h5-12H,13-14H2,1-4H3,(H2,20,21,22);1H. The molecule has 2 N–H and O–H groups in total. The second-order valence-corrected chi connectivity index (χ2v) is 8.15. The number of ether oxygens (including phenoxy) is 1. The first-order chi connectivity index (χ1) is 12.9. The van der Waals surface area contributed by atoms with Crippen molar-refractivity contribution in [3.8, 4) is 5.75 Å². The van der Waals surface area contributed by atoms with Crippen molar-refractivity contribution in [1.82, 2.24) is 14.9 Å². The molecule has 0 spiro atoms. The lowest BCUT2D eigenvalue weighted by atomic mass is 10.2. The third-order valence-corrected chi connectivity index (χ3v) is 5.91. The van der Waals surface area contributed by atoms with Crippen LogP contribution in [0.5, 0.6) is 5.75 Å². The molecular weight excluding hydrogens is 491 g/mol. The molecule has 0 unspecified atom stereocenters. The highest BCUT2D eigenvalue weighted by Crippen LogP contribution is 2.18. The molecular formula is C19H27IN4O3S. The molecule has 0 bridgehead atoms. The molecule has 0 amide bonds. The maximum absolute atomic E-state index is 12.5. The molecule has 0 fully saturated rings. The summed E-state index contributed by atoms with van der Waals surface area (Å²) < 4.78 is 31.4. The first-order valence-corrected chi connectivity index (χ1v) is 9.90. The van der Waals surface area contributed by atoms with Crippen molar-refractivity contribution in [3.63, 3.8) is 0 Å². The van der Waals surface area contributed by atoms with Crippen LogP contribution in [-0.2, 0) is 23.1 Å². The maximum Gasteiger partial charge on any atom is 0.242 e. The van der Waals surface area contributed by atoms with Crippen molar-refractivity contribution < 1.29 is 13.2 Å². The fourth-order valence-electron chi connectivity index (χ4n) is 2.47. The summed E-state index contributed by atoms with van der Waals surface area (Å²) in [4.78, 5) is 4.47. The van der Waals surface area contributed by atoms with E-state index in [1.54, 1.807) is 32.4 Å². The summed E-state index contributed by atoms with van der Waals surface area (Å²) >= 11 is 0. The summed E-state index contributed by atoms with van der Waals surface area (Å²) in [6.45, 7) is 0.898. The number of halogens is 1. The van der Waals surface area contributed by atoms with Crippen molar-refractivity contribution in [3.05, 3.63) is 59.7 Å². The number of nitrogens with zero attached hydrogens (tertiary/aromatic N) is 2. The molecule has 0 heterocycles. The van der Waals surface area contributed by atoms with E-state index < -0.39 is 10.0 Å².